The van der Waals surface area contributed by atoms with Gasteiger partial charge in [0.1, 0.15) is 0 Å². The molecular weight excluding hydrogens is 116 g/mol. The lowest BCUT2D eigenvalue weighted by atomic mass is 10.2. The van der Waals surface area contributed by atoms with E-state index in [-0.39, 0.29) is 6.10 Å². The summed E-state index contributed by atoms with van der Waals surface area (Å²) in [4.78, 5) is 7.85. The summed E-state index contributed by atoms with van der Waals surface area (Å²) in [6.45, 7) is 0. The van der Waals surface area contributed by atoms with Crippen LogP contribution in [0.4, 0.5) is 0 Å². The van der Waals surface area contributed by atoms with Crippen molar-refractivity contribution in [2.24, 2.45) is 9.98 Å². The van der Waals surface area contributed by atoms with Gasteiger partial charge in [-0.05, 0) is 12.2 Å². The molecule has 2 aliphatic rings. The number of rotatable bonds is 0. The minimum atomic E-state index is -0.0185. The topological polar surface area (TPSA) is 34.0 Å². The van der Waals surface area contributed by atoms with Crippen molar-refractivity contribution in [3.05, 3.63) is 18.3 Å². The summed E-state index contributed by atoms with van der Waals surface area (Å²) in [6, 6.07) is 0. The molecule has 2 heterocycles. The molecule has 0 spiro atoms. The van der Waals surface area contributed by atoms with E-state index in [0.717, 1.165) is 6.17 Å². The molecule has 1 atom stereocenters. The van der Waals surface area contributed by atoms with Crippen LogP contribution >= 0.6 is 0 Å². The molecule has 0 aromatic heterocycles. The Morgan fingerprint density at radius 1 is 1.44 bits per heavy atom. The second kappa shape index (κ2) is 1.69. The first kappa shape index (κ1) is 4.73. The number of hydrogen-bond acceptors (Lipinski definition) is 3. The van der Waals surface area contributed by atoms with Crippen LogP contribution in [-0.2, 0) is 4.74 Å². The molecule has 3 heteroatoms. The lowest BCUT2D eigenvalue weighted by molar-refractivity contribution is 0.284. The molecule has 1 radical (unpaired) electrons. The Bertz CT molecular complexity index is 195. The van der Waals surface area contributed by atoms with Crippen LogP contribution in [-0.4, -0.2) is 18.7 Å². The summed E-state index contributed by atoms with van der Waals surface area (Å²) in [6.07, 6.45) is 7.62. The van der Waals surface area contributed by atoms with Crippen LogP contribution in [0, 0.1) is 6.17 Å². The van der Waals surface area contributed by atoms with Crippen molar-refractivity contribution < 1.29 is 4.74 Å². The van der Waals surface area contributed by atoms with Crippen LogP contribution in [0.1, 0.15) is 0 Å². The average Bonchev–Trinajstić information content (AvgIpc) is 2.33. The lowest BCUT2D eigenvalue weighted by Crippen LogP contribution is -2.12. The summed E-state index contributed by atoms with van der Waals surface area (Å²) in [5.74, 6) is 0. The Kier molecular flexibility index (Phi) is 0.886. The fraction of sp³-hybridized carbons (Fsp3) is 0.167. The highest BCUT2D eigenvalue weighted by Crippen LogP contribution is 2.21. The highest BCUT2D eigenvalue weighted by molar-refractivity contribution is 5.74. The van der Waals surface area contributed by atoms with E-state index >= 15 is 0 Å². The number of allylic oxidation sites excluding steroid dienone is 1. The van der Waals surface area contributed by atoms with Crippen molar-refractivity contribution in [2.45, 2.75) is 6.10 Å². The van der Waals surface area contributed by atoms with E-state index in [1.165, 1.54) is 6.40 Å². The largest absolute Gasteiger partial charge is 0.471 e. The zero-order chi connectivity index (χ0) is 6.10. The van der Waals surface area contributed by atoms with Gasteiger partial charge in [0.2, 0.25) is 6.17 Å². The van der Waals surface area contributed by atoms with Gasteiger partial charge in [-0.3, -0.25) is 4.99 Å². The van der Waals surface area contributed by atoms with E-state index < -0.39 is 0 Å². The van der Waals surface area contributed by atoms with Gasteiger partial charge in [-0.1, -0.05) is 0 Å². The second-order valence-corrected chi connectivity index (χ2v) is 1.81. The van der Waals surface area contributed by atoms with Crippen LogP contribution in [0.2, 0.25) is 0 Å². The molecule has 0 aromatic rings. The second-order valence-electron chi connectivity index (χ2n) is 1.81. The third-order valence-corrected chi connectivity index (χ3v) is 1.23. The van der Waals surface area contributed by atoms with Gasteiger partial charge in [0, 0.05) is 6.21 Å². The molecule has 0 aliphatic carbocycles. The molecule has 1 unspecified atom stereocenters. The smallest absolute Gasteiger partial charge is 0.242 e. The van der Waals surface area contributed by atoms with Gasteiger partial charge >= 0.3 is 0 Å². The van der Waals surface area contributed by atoms with Crippen molar-refractivity contribution in [1.29, 1.82) is 0 Å². The minimum Gasteiger partial charge on any atom is -0.471 e. The molecule has 0 saturated carbocycles. The fourth-order valence-corrected chi connectivity index (χ4v) is 0.793. The monoisotopic (exact) mass is 121 g/mol. The van der Waals surface area contributed by atoms with E-state index in [0.29, 0.717) is 0 Å². The molecule has 2 aliphatic heterocycles. The fourth-order valence-electron chi connectivity index (χ4n) is 0.793. The zero-order valence-corrected chi connectivity index (χ0v) is 4.69. The first-order valence-corrected chi connectivity index (χ1v) is 2.72. The summed E-state index contributed by atoms with van der Waals surface area (Å²) >= 11 is 0. The van der Waals surface area contributed by atoms with Crippen LogP contribution in [0.25, 0.3) is 0 Å². The van der Waals surface area contributed by atoms with Crippen LogP contribution in [0.3, 0.4) is 0 Å². The maximum atomic E-state index is 5.03. The number of dihydropyridines is 1. The number of aliphatic imine (C=N–C) groups is 2. The van der Waals surface area contributed by atoms with Crippen molar-refractivity contribution in [1.82, 2.24) is 0 Å². The Morgan fingerprint density at radius 3 is 3.33 bits per heavy atom. The number of nitrogens with zero attached hydrogens (tertiary/aromatic N) is 2. The normalized spacial score (nSPS) is 30.4. The van der Waals surface area contributed by atoms with Gasteiger partial charge in [0.25, 0.3) is 0 Å². The van der Waals surface area contributed by atoms with Gasteiger partial charge in [0.05, 0.1) is 0 Å². The average molecular weight is 121 g/mol. The quantitative estimate of drug-likeness (QED) is 0.460. The predicted molar refractivity (Wildman–Crippen MR) is 34.2 cm³/mol. The summed E-state index contributed by atoms with van der Waals surface area (Å²) in [5, 5.41) is 0. The molecule has 45 valence electrons. The highest BCUT2D eigenvalue weighted by atomic mass is 16.5. The molecule has 0 saturated heterocycles. The Morgan fingerprint density at radius 2 is 2.44 bits per heavy atom. The molecule has 2 rings (SSSR count). The number of hydrogen-bond donors (Lipinski definition) is 0. The zero-order valence-electron chi connectivity index (χ0n) is 4.69. The number of ether oxygens (including phenoxy) is 1. The molecule has 0 bridgehead atoms. The lowest BCUT2D eigenvalue weighted by Gasteiger charge is -2.08. The van der Waals surface area contributed by atoms with Crippen LogP contribution in [0.5, 0.6) is 0 Å². The van der Waals surface area contributed by atoms with Crippen LogP contribution < -0.4 is 0 Å². The summed E-state index contributed by atoms with van der Waals surface area (Å²) in [5.41, 5.74) is 0. The SMILES string of the molecule is C1=CC2OC=N[C]2N=C1. The third-order valence-electron chi connectivity index (χ3n) is 1.23. The predicted octanol–water partition coefficient (Wildman–Crippen LogP) is 0.544. The highest BCUT2D eigenvalue weighted by Gasteiger charge is 2.25. The van der Waals surface area contributed by atoms with E-state index in [2.05, 4.69) is 9.98 Å². The van der Waals surface area contributed by atoms with Crippen molar-refractivity contribution >= 4 is 12.6 Å². The maximum absolute atomic E-state index is 5.03. The van der Waals surface area contributed by atoms with Crippen molar-refractivity contribution in [2.75, 3.05) is 0 Å². The Hall–Kier alpha value is -1.12. The van der Waals surface area contributed by atoms with Crippen LogP contribution in [0.15, 0.2) is 22.1 Å². The Balaban J connectivity index is 2.25. The number of fused-ring (bicyclic) bond motifs is 1. The first-order valence-electron chi connectivity index (χ1n) is 2.72. The molecule has 0 aromatic carbocycles. The molecule has 0 amide bonds. The van der Waals surface area contributed by atoms with E-state index in [1.807, 2.05) is 12.2 Å². The molecule has 3 nitrogen and oxygen atoms in total. The van der Waals surface area contributed by atoms with Crippen molar-refractivity contribution in [3.8, 4) is 0 Å². The standard InChI is InChI=1S/C6H5N2O/c1-2-5-6(7-3-1)8-4-9-5/h1-5H. The third kappa shape index (κ3) is 0.650. The van der Waals surface area contributed by atoms with E-state index in [9.17, 15) is 0 Å². The molecule has 0 N–H and O–H groups in total. The van der Waals surface area contributed by atoms with Gasteiger partial charge < -0.3 is 4.74 Å². The first-order chi connectivity index (χ1) is 4.47. The Labute approximate surface area is 52.8 Å². The molecular formula is C6H5N2O. The maximum Gasteiger partial charge on any atom is 0.242 e. The summed E-state index contributed by atoms with van der Waals surface area (Å²) < 4.78 is 5.03. The van der Waals surface area contributed by atoms with Crippen molar-refractivity contribution in [3.63, 3.8) is 0 Å². The van der Waals surface area contributed by atoms with E-state index in [4.69, 9.17) is 4.74 Å². The molecule has 9 heavy (non-hydrogen) atoms. The van der Waals surface area contributed by atoms with Gasteiger partial charge in [-0.2, -0.15) is 0 Å². The molecule has 0 fully saturated rings. The van der Waals surface area contributed by atoms with Gasteiger partial charge in [-0.25, -0.2) is 4.99 Å². The minimum absolute atomic E-state index is 0.0185. The summed E-state index contributed by atoms with van der Waals surface area (Å²) in [7, 11) is 0. The van der Waals surface area contributed by atoms with Gasteiger partial charge in [0.15, 0.2) is 12.5 Å². The van der Waals surface area contributed by atoms with Gasteiger partial charge in [-0.15, -0.1) is 0 Å². The van der Waals surface area contributed by atoms with E-state index in [1.54, 1.807) is 6.21 Å².